The number of carbonyl (C=O) groups excluding carboxylic acids is 2. The summed E-state index contributed by atoms with van der Waals surface area (Å²) in [5.41, 5.74) is 2.35. The molecule has 1 aromatic carbocycles. The third-order valence-corrected chi connectivity index (χ3v) is 3.37. The summed E-state index contributed by atoms with van der Waals surface area (Å²) in [6.45, 7) is 6.06. The summed E-state index contributed by atoms with van der Waals surface area (Å²) in [5, 5.41) is 6.55. The van der Waals surface area contributed by atoms with Gasteiger partial charge in [0.2, 0.25) is 11.7 Å². The summed E-state index contributed by atoms with van der Waals surface area (Å²) in [4.78, 5) is 26.1. The maximum atomic E-state index is 12.4. The summed E-state index contributed by atoms with van der Waals surface area (Å²) in [6, 6.07) is 9.09. The van der Waals surface area contributed by atoms with E-state index in [9.17, 15) is 9.59 Å². The molecule has 0 unspecified atom stereocenters. The molecular weight excluding hydrogens is 294 g/mol. The zero-order chi connectivity index (χ0) is 16.8. The average Bonchev–Trinajstić information content (AvgIpc) is 2.95. The van der Waals surface area contributed by atoms with Gasteiger partial charge in [-0.3, -0.25) is 9.59 Å². The standard InChI is InChI=1S/C17H21N3O3/c1-4-9-20(17(22)15-10-13(3)19-23-15)11-16(21)18-14-8-6-5-7-12(14)2/h5-8,10H,4,9,11H2,1-3H3,(H,18,21). The van der Waals surface area contributed by atoms with Gasteiger partial charge < -0.3 is 14.7 Å². The highest BCUT2D eigenvalue weighted by atomic mass is 16.5. The van der Waals surface area contributed by atoms with Gasteiger partial charge in [0.05, 0.1) is 5.69 Å². The number of amides is 2. The van der Waals surface area contributed by atoms with E-state index in [1.807, 2.05) is 38.1 Å². The molecule has 0 fully saturated rings. The van der Waals surface area contributed by atoms with Gasteiger partial charge in [0.15, 0.2) is 0 Å². The zero-order valence-corrected chi connectivity index (χ0v) is 13.6. The summed E-state index contributed by atoms with van der Waals surface area (Å²) >= 11 is 0. The van der Waals surface area contributed by atoms with Crippen LogP contribution in [-0.4, -0.2) is 35.0 Å². The molecule has 0 spiro atoms. The summed E-state index contributed by atoms with van der Waals surface area (Å²) in [7, 11) is 0. The lowest BCUT2D eigenvalue weighted by molar-refractivity contribution is -0.116. The molecule has 0 saturated heterocycles. The van der Waals surface area contributed by atoms with Gasteiger partial charge in [-0.1, -0.05) is 30.3 Å². The normalized spacial score (nSPS) is 10.4. The Morgan fingerprint density at radius 2 is 2.00 bits per heavy atom. The van der Waals surface area contributed by atoms with Crippen LogP contribution >= 0.6 is 0 Å². The van der Waals surface area contributed by atoms with E-state index < -0.39 is 0 Å². The van der Waals surface area contributed by atoms with Crippen LogP contribution in [0.3, 0.4) is 0 Å². The lowest BCUT2D eigenvalue weighted by Gasteiger charge is -2.20. The maximum absolute atomic E-state index is 12.4. The van der Waals surface area contributed by atoms with Crippen molar-refractivity contribution in [3.05, 3.63) is 47.3 Å². The molecular formula is C17H21N3O3. The topological polar surface area (TPSA) is 75.4 Å². The fraction of sp³-hybridized carbons (Fsp3) is 0.353. The van der Waals surface area contributed by atoms with Gasteiger partial charge in [-0.05, 0) is 31.9 Å². The maximum Gasteiger partial charge on any atom is 0.292 e. The minimum absolute atomic E-state index is 0.0270. The highest BCUT2D eigenvalue weighted by Crippen LogP contribution is 2.13. The quantitative estimate of drug-likeness (QED) is 0.889. The number of aryl methyl sites for hydroxylation is 2. The van der Waals surface area contributed by atoms with Crippen molar-refractivity contribution in [3.8, 4) is 0 Å². The molecule has 0 aliphatic rings. The molecule has 2 aromatic rings. The van der Waals surface area contributed by atoms with E-state index in [1.165, 1.54) is 4.90 Å². The first-order chi connectivity index (χ1) is 11.0. The minimum atomic E-state index is -0.326. The van der Waals surface area contributed by atoms with Crippen LogP contribution in [0.2, 0.25) is 0 Å². The molecule has 0 aliphatic heterocycles. The molecule has 0 aliphatic carbocycles. The molecule has 0 saturated carbocycles. The van der Waals surface area contributed by atoms with Crippen molar-refractivity contribution in [2.75, 3.05) is 18.4 Å². The SMILES string of the molecule is CCCN(CC(=O)Nc1ccccc1C)C(=O)c1cc(C)no1. The third kappa shape index (κ3) is 4.42. The molecule has 0 radical (unpaired) electrons. The van der Waals surface area contributed by atoms with Crippen molar-refractivity contribution >= 4 is 17.5 Å². The summed E-state index contributed by atoms with van der Waals surface area (Å²) < 4.78 is 5.00. The van der Waals surface area contributed by atoms with Crippen molar-refractivity contribution in [1.82, 2.24) is 10.1 Å². The minimum Gasteiger partial charge on any atom is -0.351 e. The average molecular weight is 315 g/mol. The molecule has 1 N–H and O–H groups in total. The molecule has 1 aromatic heterocycles. The smallest absolute Gasteiger partial charge is 0.292 e. The molecule has 0 bridgehead atoms. The van der Waals surface area contributed by atoms with Crippen molar-refractivity contribution in [2.45, 2.75) is 27.2 Å². The highest BCUT2D eigenvalue weighted by Gasteiger charge is 2.21. The fourth-order valence-electron chi connectivity index (χ4n) is 2.22. The van der Waals surface area contributed by atoms with Crippen LogP contribution < -0.4 is 5.32 Å². The molecule has 0 atom stereocenters. The number of benzene rings is 1. The molecule has 6 nitrogen and oxygen atoms in total. The number of para-hydroxylation sites is 1. The predicted octanol–water partition coefficient (Wildman–Crippen LogP) is 2.78. The highest BCUT2D eigenvalue weighted by molar-refractivity contribution is 5.98. The number of hydrogen-bond acceptors (Lipinski definition) is 4. The number of hydrogen-bond donors (Lipinski definition) is 1. The second-order valence-corrected chi connectivity index (χ2v) is 5.42. The van der Waals surface area contributed by atoms with E-state index in [2.05, 4.69) is 10.5 Å². The van der Waals surface area contributed by atoms with Crippen LogP contribution in [-0.2, 0) is 4.79 Å². The molecule has 2 rings (SSSR count). The van der Waals surface area contributed by atoms with Gasteiger partial charge in [-0.15, -0.1) is 0 Å². The van der Waals surface area contributed by atoms with Crippen LogP contribution in [0.4, 0.5) is 5.69 Å². The van der Waals surface area contributed by atoms with E-state index in [1.54, 1.807) is 13.0 Å². The molecule has 2 amide bonds. The third-order valence-electron chi connectivity index (χ3n) is 3.37. The Morgan fingerprint density at radius 1 is 1.26 bits per heavy atom. The zero-order valence-electron chi connectivity index (χ0n) is 13.6. The fourth-order valence-corrected chi connectivity index (χ4v) is 2.22. The molecule has 122 valence electrons. The van der Waals surface area contributed by atoms with Crippen molar-refractivity contribution < 1.29 is 14.1 Å². The summed E-state index contributed by atoms with van der Waals surface area (Å²) in [5.74, 6) is -0.413. The van der Waals surface area contributed by atoms with Gasteiger partial charge in [-0.2, -0.15) is 0 Å². The Kier molecular flexibility index (Phi) is 5.51. The Labute approximate surface area is 135 Å². The first kappa shape index (κ1) is 16.7. The van der Waals surface area contributed by atoms with E-state index in [-0.39, 0.29) is 24.1 Å². The van der Waals surface area contributed by atoms with Crippen LogP contribution in [0.15, 0.2) is 34.9 Å². The molecule has 1 heterocycles. The predicted molar refractivity (Wildman–Crippen MR) is 87.2 cm³/mol. The second-order valence-electron chi connectivity index (χ2n) is 5.42. The van der Waals surface area contributed by atoms with E-state index >= 15 is 0 Å². The Hall–Kier alpha value is -2.63. The van der Waals surface area contributed by atoms with Gasteiger partial charge in [-0.25, -0.2) is 0 Å². The van der Waals surface area contributed by atoms with E-state index in [0.717, 1.165) is 17.7 Å². The molecule has 6 heteroatoms. The molecule has 23 heavy (non-hydrogen) atoms. The van der Waals surface area contributed by atoms with Gasteiger partial charge in [0.1, 0.15) is 6.54 Å². The van der Waals surface area contributed by atoms with Crippen LogP contribution in [0.5, 0.6) is 0 Å². The van der Waals surface area contributed by atoms with Crippen molar-refractivity contribution in [2.24, 2.45) is 0 Å². The van der Waals surface area contributed by atoms with Crippen LogP contribution in [0.25, 0.3) is 0 Å². The number of rotatable bonds is 6. The lowest BCUT2D eigenvalue weighted by Crippen LogP contribution is -2.38. The Bertz CT molecular complexity index is 694. The van der Waals surface area contributed by atoms with Crippen LogP contribution in [0.1, 0.15) is 35.2 Å². The van der Waals surface area contributed by atoms with E-state index in [0.29, 0.717) is 12.2 Å². The summed E-state index contributed by atoms with van der Waals surface area (Å²) in [6.07, 6.45) is 0.747. The number of nitrogens with zero attached hydrogens (tertiary/aromatic N) is 2. The Balaban J connectivity index is 2.05. The Morgan fingerprint density at radius 3 is 2.61 bits per heavy atom. The monoisotopic (exact) mass is 315 g/mol. The number of nitrogens with one attached hydrogen (secondary N) is 1. The van der Waals surface area contributed by atoms with Gasteiger partial charge in [0.25, 0.3) is 5.91 Å². The van der Waals surface area contributed by atoms with Crippen LogP contribution in [0, 0.1) is 13.8 Å². The van der Waals surface area contributed by atoms with Gasteiger partial charge in [0, 0.05) is 18.3 Å². The van der Waals surface area contributed by atoms with E-state index in [4.69, 9.17) is 4.52 Å². The lowest BCUT2D eigenvalue weighted by atomic mass is 10.2. The number of carbonyl (C=O) groups is 2. The first-order valence-electron chi connectivity index (χ1n) is 7.59. The van der Waals surface area contributed by atoms with Gasteiger partial charge >= 0.3 is 0 Å². The number of aromatic nitrogens is 1. The van der Waals surface area contributed by atoms with Crippen molar-refractivity contribution in [3.63, 3.8) is 0 Å². The second kappa shape index (κ2) is 7.58. The first-order valence-corrected chi connectivity index (χ1v) is 7.59. The number of anilines is 1. The largest absolute Gasteiger partial charge is 0.351 e. The van der Waals surface area contributed by atoms with Crippen molar-refractivity contribution in [1.29, 1.82) is 0 Å².